The van der Waals surface area contributed by atoms with Crippen molar-refractivity contribution >= 4 is 12.1 Å². The number of carbonyl (C=O) groups is 2. The Hall–Kier alpha value is -4.56. The Morgan fingerprint density at radius 2 is 1.02 bits per heavy atom. The van der Waals surface area contributed by atoms with Crippen molar-refractivity contribution in [3.8, 4) is 0 Å². The maximum atomic E-state index is 15.1. The van der Waals surface area contributed by atoms with Gasteiger partial charge in [0.2, 0.25) is 0 Å². The summed E-state index contributed by atoms with van der Waals surface area (Å²) in [6, 6.07) is 52.7. The van der Waals surface area contributed by atoms with Crippen LogP contribution in [-0.4, -0.2) is 12.1 Å². The van der Waals surface area contributed by atoms with Gasteiger partial charge in [-0.3, -0.25) is 4.79 Å². The van der Waals surface area contributed by atoms with Crippen LogP contribution in [0.25, 0.3) is 0 Å². The SMILES string of the molecule is O=CCCCCC(C(=O)CC(c1ccccc1)(c1ccccc1)c1ccccc1)C(CCc1ccccc1)c1ccccc1. The van der Waals surface area contributed by atoms with Crippen LogP contribution in [0.2, 0.25) is 0 Å². The van der Waals surface area contributed by atoms with Crippen molar-refractivity contribution in [3.05, 3.63) is 179 Å². The van der Waals surface area contributed by atoms with E-state index in [9.17, 15) is 4.79 Å². The summed E-state index contributed by atoms with van der Waals surface area (Å²) in [4.78, 5) is 26.3. The van der Waals surface area contributed by atoms with Gasteiger partial charge < -0.3 is 4.79 Å². The Kier molecular flexibility index (Phi) is 11.1. The molecule has 0 aliphatic rings. The van der Waals surface area contributed by atoms with Gasteiger partial charge >= 0.3 is 0 Å². The zero-order valence-corrected chi connectivity index (χ0v) is 25.4. The smallest absolute Gasteiger partial charge is 0.138 e. The molecule has 0 saturated carbocycles. The summed E-state index contributed by atoms with van der Waals surface area (Å²) in [6.45, 7) is 0. The lowest BCUT2D eigenvalue weighted by Crippen LogP contribution is -2.36. The van der Waals surface area contributed by atoms with E-state index >= 15 is 4.79 Å². The van der Waals surface area contributed by atoms with Crippen molar-refractivity contribution in [1.29, 1.82) is 0 Å². The molecule has 0 saturated heterocycles. The van der Waals surface area contributed by atoms with Gasteiger partial charge in [-0.1, -0.05) is 158 Å². The van der Waals surface area contributed by atoms with Crippen LogP contribution in [0.4, 0.5) is 0 Å². The first-order valence-electron chi connectivity index (χ1n) is 15.9. The molecule has 0 spiro atoms. The third-order valence-corrected chi connectivity index (χ3v) is 9.04. The van der Waals surface area contributed by atoms with E-state index in [0.29, 0.717) is 12.8 Å². The van der Waals surface area contributed by atoms with Crippen molar-refractivity contribution in [1.82, 2.24) is 0 Å². The van der Waals surface area contributed by atoms with E-state index in [0.717, 1.165) is 55.1 Å². The standard InChI is InChI=1S/C42H42O2/c43-32-18-6-17-29-40(39(35-21-9-2-10-22-35)31-30-34-19-7-1-8-20-34)41(44)33-42(36-23-11-3-12-24-36,37-25-13-4-14-26-37)38-27-15-5-16-28-38/h1-5,7-16,19-28,32,39-40H,6,17-18,29-31,33H2. The highest BCUT2D eigenvalue weighted by Crippen LogP contribution is 2.45. The Balaban J connectivity index is 1.60. The number of hydrogen-bond donors (Lipinski definition) is 0. The molecule has 0 aliphatic heterocycles. The van der Waals surface area contributed by atoms with Crippen LogP contribution in [0.15, 0.2) is 152 Å². The summed E-state index contributed by atoms with van der Waals surface area (Å²) in [5.41, 5.74) is 5.21. The molecule has 0 fully saturated rings. The van der Waals surface area contributed by atoms with Gasteiger partial charge in [0.05, 0.1) is 5.41 Å². The average Bonchev–Trinajstić information content (AvgIpc) is 3.10. The van der Waals surface area contributed by atoms with Gasteiger partial charge in [0.15, 0.2) is 0 Å². The first-order valence-corrected chi connectivity index (χ1v) is 15.9. The summed E-state index contributed by atoms with van der Waals surface area (Å²) in [6.07, 6.45) is 6.07. The molecule has 5 aromatic rings. The van der Waals surface area contributed by atoms with Gasteiger partial charge in [-0.25, -0.2) is 0 Å². The lowest BCUT2D eigenvalue weighted by Gasteiger charge is -2.38. The second-order valence-electron chi connectivity index (χ2n) is 11.7. The van der Waals surface area contributed by atoms with Gasteiger partial charge in [-0.05, 0) is 59.4 Å². The monoisotopic (exact) mass is 578 g/mol. The van der Waals surface area contributed by atoms with E-state index in [1.54, 1.807) is 0 Å². The van der Waals surface area contributed by atoms with E-state index < -0.39 is 5.41 Å². The third kappa shape index (κ3) is 7.50. The molecule has 0 amide bonds. The fourth-order valence-corrected chi connectivity index (χ4v) is 6.81. The van der Waals surface area contributed by atoms with Crippen LogP contribution in [0.3, 0.4) is 0 Å². The van der Waals surface area contributed by atoms with E-state index in [1.165, 1.54) is 11.1 Å². The van der Waals surface area contributed by atoms with E-state index in [1.807, 2.05) is 30.3 Å². The van der Waals surface area contributed by atoms with Crippen LogP contribution in [0.1, 0.15) is 72.3 Å². The van der Waals surface area contributed by atoms with E-state index in [2.05, 4.69) is 121 Å². The van der Waals surface area contributed by atoms with Gasteiger partial charge in [-0.2, -0.15) is 0 Å². The fraction of sp³-hybridized carbons (Fsp3) is 0.238. The zero-order chi connectivity index (χ0) is 30.5. The summed E-state index contributed by atoms with van der Waals surface area (Å²) < 4.78 is 0. The van der Waals surface area contributed by atoms with E-state index in [4.69, 9.17) is 0 Å². The molecular formula is C42H42O2. The molecular weight excluding hydrogens is 536 g/mol. The number of Topliss-reactive ketones (excluding diaryl/α,β-unsaturated/α-hetero) is 1. The number of aryl methyl sites for hydroxylation is 1. The van der Waals surface area contributed by atoms with E-state index in [-0.39, 0.29) is 17.6 Å². The molecule has 2 heteroatoms. The highest BCUT2D eigenvalue weighted by Gasteiger charge is 2.41. The first kappa shape index (κ1) is 30.9. The zero-order valence-electron chi connectivity index (χ0n) is 25.4. The number of rotatable bonds is 16. The third-order valence-electron chi connectivity index (χ3n) is 9.04. The molecule has 0 aromatic heterocycles. The molecule has 2 nitrogen and oxygen atoms in total. The quantitative estimate of drug-likeness (QED) is 0.0663. The van der Waals surface area contributed by atoms with Gasteiger partial charge in [-0.15, -0.1) is 0 Å². The highest BCUT2D eigenvalue weighted by molar-refractivity contribution is 5.85. The number of ketones is 1. The summed E-state index contributed by atoms with van der Waals surface area (Å²) >= 11 is 0. The van der Waals surface area contributed by atoms with Gasteiger partial charge in [0.1, 0.15) is 12.1 Å². The van der Waals surface area contributed by atoms with Crippen molar-refractivity contribution in [3.63, 3.8) is 0 Å². The fourth-order valence-electron chi connectivity index (χ4n) is 6.81. The van der Waals surface area contributed by atoms with Crippen molar-refractivity contribution in [2.45, 2.75) is 56.3 Å². The molecule has 2 atom stereocenters. The molecule has 0 N–H and O–H groups in total. The number of hydrogen-bond acceptors (Lipinski definition) is 2. The van der Waals surface area contributed by atoms with Crippen LogP contribution in [0.5, 0.6) is 0 Å². The molecule has 2 unspecified atom stereocenters. The van der Waals surface area contributed by atoms with Crippen LogP contribution < -0.4 is 0 Å². The Bertz CT molecular complexity index is 1450. The minimum absolute atomic E-state index is 0.0696. The molecule has 5 rings (SSSR count). The molecule has 0 bridgehead atoms. The predicted octanol–water partition coefficient (Wildman–Crippen LogP) is 9.77. The minimum atomic E-state index is -0.636. The number of benzene rings is 5. The van der Waals surface area contributed by atoms with Crippen LogP contribution in [0, 0.1) is 5.92 Å². The minimum Gasteiger partial charge on any atom is -0.303 e. The van der Waals surface area contributed by atoms with Crippen molar-refractivity contribution in [2.75, 3.05) is 0 Å². The molecule has 0 heterocycles. The first-order chi connectivity index (χ1) is 21.7. The summed E-state index contributed by atoms with van der Waals surface area (Å²) in [5, 5.41) is 0. The lowest BCUT2D eigenvalue weighted by atomic mass is 9.64. The average molecular weight is 579 g/mol. The van der Waals surface area contributed by atoms with Crippen LogP contribution in [-0.2, 0) is 21.4 Å². The topological polar surface area (TPSA) is 34.1 Å². The predicted molar refractivity (Wildman–Crippen MR) is 181 cm³/mol. The summed E-state index contributed by atoms with van der Waals surface area (Å²) in [5.74, 6) is 0.165. The van der Waals surface area contributed by atoms with Crippen LogP contribution >= 0.6 is 0 Å². The van der Waals surface area contributed by atoms with Gasteiger partial charge in [0.25, 0.3) is 0 Å². The van der Waals surface area contributed by atoms with Crippen molar-refractivity contribution in [2.24, 2.45) is 5.92 Å². The highest BCUT2D eigenvalue weighted by atomic mass is 16.1. The molecule has 44 heavy (non-hydrogen) atoms. The molecule has 0 radical (unpaired) electrons. The number of carbonyl (C=O) groups excluding carboxylic acids is 2. The molecule has 5 aromatic carbocycles. The van der Waals surface area contributed by atoms with Gasteiger partial charge in [0, 0.05) is 18.8 Å². The number of aldehydes is 1. The lowest BCUT2D eigenvalue weighted by molar-refractivity contribution is -0.124. The Morgan fingerprint density at radius 3 is 1.50 bits per heavy atom. The summed E-state index contributed by atoms with van der Waals surface area (Å²) in [7, 11) is 0. The largest absolute Gasteiger partial charge is 0.303 e. The molecule has 0 aliphatic carbocycles. The molecule has 222 valence electrons. The Labute approximate surface area is 262 Å². The maximum Gasteiger partial charge on any atom is 0.138 e. The number of unbranched alkanes of at least 4 members (excludes halogenated alkanes) is 2. The second-order valence-corrected chi connectivity index (χ2v) is 11.7. The normalized spacial score (nSPS) is 12.7. The Morgan fingerprint density at radius 1 is 0.568 bits per heavy atom. The van der Waals surface area contributed by atoms with Crippen molar-refractivity contribution < 1.29 is 9.59 Å². The second kappa shape index (κ2) is 15.8. The maximum absolute atomic E-state index is 15.1.